The Kier molecular flexibility index (Phi) is 4.99. The van der Waals surface area contributed by atoms with Crippen LogP contribution < -0.4 is 4.74 Å². The Labute approximate surface area is 149 Å². The number of benzene rings is 3. The fourth-order valence-electron chi connectivity index (χ4n) is 2.75. The number of carbonyl (C=O) groups excluding carboxylic acids is 1. The quantitative estimate of drug-likeness (QED) is 0.568. The maximum atomic E-state index is 13.1. The Hall–Kier alpha value is -2.87. The third-order valence-electron chi connectivity index (χ3n) is 4.48. The first-order chi connectivity index (χ1) is 12.1. The molecule has 3 rings (SSSR count). The number of rotatable bonds is 5. The first-order valence-corrected chi connectivity index (χ1v) is 8.45. The molecule has 3 aromatic carbocycles. The van der Waals surface area contributed by atoms with Gasteiger partial charge in [0.25, 0.3) is 0 Å². The zero-order chi connectivity index (χ0) is 17.8. The Morgan fingerprint density at radius 3 is 2.16 bits per heavy atom. The van der Waals surface area contributed by atoms with Gasteiger partial charge in [0, 0.05) is 11.1 Å². The maximum Gasteiger partial charge on any atom is 0.207 e. The first kappa shape index (κ1) is 17.0. The van der Waals surface area contributed by atoms with Crippen LogP contribution in [0.1, 0.15) is 38.7 Å². The van der Waals surface area contributed by atoms with Crippen molar-refractivity contribution in [2.45, 2.75) is 26.9 Å². The molecule has 0 saturated heterocycles. The lowest BCUT2D eigenvalue weighted by molar-refractivity contribution is 0.0791. The van der Waals surface area contributed by atoms with E-state index in [1.165, 1.54) is 0 Å². The molecule has 0 N–H and O–H groups in total. The molecule has 0 aromatic heterocycles. The average molecular weight is 330 g/mol. The highest BCUT2D eigenvalue weighted by Crippen LogP contribution is 2.29. The lowest BCUT2D eigenvalue weighted by atomic mass is 9.98. The largest absolute Gasteiger partial charge is 0.477 e. The summed E-state index contributed by atoms with van der Waals surface area (Å²) in [6.07, 6.45) is -0.663. The average Bonchev–Trinajstić information content (AvgIpc) is 2.64. The van der Waals surface area contributed by atoms with Crippen molar-refractivity contribution in [3.63, 3.8) is 0 Å². The summed E-state index contributed by atoms with van der Waals surface area (Å²) in [5.41, 5.74) is 4.87. The van der Waals surface area contributed by atoms with Crippen LogP contribution in [-0.2, 0) is 0 Å². The normalized spacial score (nSPS) is 11.8. The number of hydrogen-bond donors (Lipinski definition) is 0. The van der Waals surface area contributed by atoms with Gasteiger partial charge in [-0.05, 0) is 38.0 Å². The maximum absolute atomic E-state index is 13.1. The molecule has 1 atom stereocenters. The van der Waals surface area contributed by atoms with E-state index in [2.05, 4.69) is 0 Å². The van der Waals surface area contributed by atoms with Gasteiger partial charge in [-0.3, -0.25) is 4.79 Å². The molecule has 2 heteroatoms. The molecule has 0 radical (unpaired) electrons. The lowest BCUT2D eigenvalue weighted by Crippen LogP contribution is -2.19. The lowest BCUT2D eigenvalue weighted by Gasteiger charge is -2.21. The molecule has 2 nitrogen and oxygen atoms in total. The van der Waals surface area contributed by atoms with E-state index in [4.69, 9.17) is 4.74 Å². The fraction of sp³-hybridized carbons (Fsp3) is 0.174. The molecular formula is C23H22O2. The SMILES string of the molecule is Cc1ccc(C(Oc2cccc(C)c2C)C(=O)c2ccccc2)cc1. The third kappa shape index (κ3) is 3.80. The van der Waals surface area contributed by atoms with Gasteiger partial charge in [-0.1, -0.05) is 72.3 Å². The van der Waals surface area contributed by atoms with Crippen LogP contribution in [0.5, 0.6) is 5.75 Å². The van der Waals surface area contributed by atoms with Crippen molar-refractivity contribution < 1.29 is 9.53 Å². The summed E-state index contributed by atoms with van der Waals surface area (Å²) in [6, 6.07) is 23.2. The fourth-order valence-corrected chi connectivity index (χ4v) is 2.75. The molecule has 0 aliphatic carbocycles. The highest BCUT2D eigenvalue weighted by molar-refractivity contribution is 6.00. The van der Waals surface area contributed by atoms with Gasteiger partial charge in [0.1, 0.15) is 5.75 Å². The van der Waals surface area contributed by atoms with Crippen molar-refractivity contribution in [1.82, 2.24) is 0 Å². The summed E-state index contributed by atoms with van der Waals surface area (Å²) < 4.78 is 6.22. The first-order valence-electron chi connectivity index (χ1n) is 8.45. The van der Waals surface area contributed by atoms with Crippen molar-refractivity contribution in [3.8, 4) is 5.75 Å². The van der Waals surface area contributed by atoms with Crippen LogP contribution in [0, 0.1) is 20.8 Å². The second kappa shape index (κ2) is 7.35. The molecule has 1 unspecified atom stereocenters. The van der Waals surface area contributed by atoms with Crippen LogP contribution in [0.3, 0.4) is 0 Å². The molecule has 3 aromatic rings. The Morgan fingerprint density at radius 2 is 1.48 bits per heavy atom. The van der Waals surface area contributed by atoms with E-state index in [9.17, 15) is 4.79 Å². The Bertz CT molecular complexity index is 864. The van der Waals surface area contributed by atoms with E-state index in [1.54, 1.807) is 0 Å². The summed E-state index contributed by atoms with van der Waals surface area (Å²) in [5, 5.41) is 0. The molecule has 0 aliphatic rings. The van der Waals surface area contributed by atoms with Crippen LogP contribution >= 0.6 is 0 Å². The van der Waals surface area contributed by atoms with Gasteiger partial charge in [-0.2, -0.15) is 0 Å². The predicted octanol–water partition coefficient (Wildman–Crippen LogP) is 5.61. The monoisotopic (exact) mass is 330 g/mol. The van der Waals surface area contributed by atoms with Crippen molar-refractivity contribution in [2.24, 2.45) is 0 Å². The molecule has 0 spiro atoms. The molecule has 0 aliphatic heterocycles. The molecule has 25 heavy (non-hydrogen) atoms. The van der Waals surface area contributed by atoms with Crippen molar-refractivity contribution in [1.29, 1.82) is 0 Å². The Balaban J connectivity index is 2.01. The third-order valence-corrected chi connectivity index (χ3v) is 4.48. The van der Waals surface area contributed by atoms with E-state index >= 15 is 0 Å². The second-order valence-corrected chi connectivity index (χ2v) is 6.34. The smallest absolute Gasteiger partial charge is 0.207 e. The predicted molar refractivity (Wildman–Crippen MR) is 101 cm³/mol. The van der Waals surface area contributed by atoms with E-state index in [0.717, 1.165) is 28.0 Å². The number of Topliss-reactive ketones (excluding diaryl/α,β-unsaturated/α-hetero) is 1. The van der Waals surface area contributed by atoms with Gasteiger partial charge in [-0.15, -0.1) is 0 Å². The summed E-state index contributed by atoms with van der Waals surface area (Å²) in [5.74, 6) is 0.709. The minimum atomic E-state index is -0.663. The highest BCUT2D eigenvalue weighted by Gasteiger charge is 2.24. The summed E-state index contributed by atoms with van der Waals surface area (Å²) in [4.78, 5) is 13.1. The molecule has 0 saturated carbocycles. The van der Waals surface area contributed by atoms with Crippen LogP contribution in [0.2, 0.25) is 0 Å². The zero-order valence-corrected chi connectivity index (χ0v) is 14.8. The van der Waals surface area contributed by atoms with E-state index in [0.29, 0.717) is 5.56 Å². The molecule has 0 bridgehead atoms. The highest BCUT2D eigenvalue weighted by atomic mass is 16.5. The Morgan fingerprint density at radius 1 is 0.800 bits per heavy atom. The van der Waals surface area contributed by atoms with Gasteiger partial charge in [0.2, 0.25) is 5.78 Å². The zero-order valence-electron chi connectivity index (χ0n) is 14.8. The van der Waals surface area contributed by atoms with Crippen LogP contribution in [-0.4, -0.2) is 5.78 Å². The number of aryl methyl sites for hydroxylation is 2. The van der Waals surface area contributed by atoms with Gasteiger partial charge >= 0.3 is 0 Å². The summed E-state index contributed by atoms with van der Waals surface area (Å²) >= 11 is 0. The van der Waals surface area contributed by atoms with E-state index < -0.39 is 6.10 Å². The van der Waals surface area contributed by atoms with Gasteiger partial charge in [0.05, 0.1) is 0 Å². The van der Waals surface area contributed by atoms with E-state index in [-0.39, 0.29) is 5.78 Å². The number of carbonyl (C=O) groups is 1. The number of ketones is 1. The van der Waals surface area contributed by atoms with Crippen LogP contribution in [0.4, 0.5) is 0 Å². The van der Waals surface area contributed by atoms with Crippen molar-refractivity contribution in [3.05, 3.63) is 101 Å². The summed E-state index contributed by atoms with van der Waals surface area (Å²) in [7, 11) is 0. The summed E-state index contributed by atoms with van der Waals surface area (Å²) in [6.45, 7) is 6.09. The van der Waals surface area contributed by atoms with Gasteiger partial charge < -0.3 is 4.74 Å². The van der Waals surface area contributed by atoms with E-state index in [1.807, 2.05) is 93.6 Å². The van der Waals surface area contributed by atoms with Gasteiger partial charge in [-0.25, -0.2) is 0 Å². The molecule has 126 valence electrons. The van der Waals surface area contributed by atoms with Crippen LogP contribution in [0.15, 0.2) is 72.8 Å². The molecular weight excluding hydrogens is 308 g/mol. The number of hydrogen-bond acceptors (Lipinski definition) is 2. The molecule has 0 fully saturated rings. The number of ether oxygens (including phenoxy) is 1. The minimum Gasteiger partial charge on any atom is -0.477 e. The van der Waals surface area contributed by atoms with Crippen molar-refractivity contribution in [2.75, 3.05) is 0 Å². The van der Waals surface area contributed by atoms with Crippen molar-refractivity contribution >= 4 is 5.78 Å². The molecule has 0 amide bonds. The standard InChI is InChI=1S/C23H22O2/c1-16-12-14-20(15-13-16)23(22(24)19-9-5-4-6-10-19)25-21-11-7-8-17(2)18(21)3/h4-15,23H,1-3H3. The molecule has 0 heterocycles. The van der Waals surface area contributed by atoms with Gasteiger partial charge in [0.15, 0.2) is 6.10 Å². The minimum absolute atomic E-state index is 0.0367. The van der Waals surface area contributed by atoms with Crippen LogP contribution in [0.25, 0.3) is 0 Å². The topological polar surface area (TPSA) is 26.3 Å². The second-order valence-electron chi connectivity index (χ2n) is 6.34.